The van der Waals surface area contributed by atoms with E-state index in [4.69, 9.17) is 0 Å². The molecule has 1 heterocycles. The van der Waals surface area contributed by atoms with Crippen LogP contribution >= 0.6 is 0 Å². The molecule has 1 N–H and O–H groups in total. The highest BCUT2D eigenvalue weighted by Crippen LogP contribution is 2.25. The van der Waals surface area contributed by atoms with Gasteiger partial charge in [0.1, 0.15) is 0 Å². The third-order valence-corrected chi connectivity index (χ3v) is 3.89. The van der Waals surface area contributed by atoms with Gasteiger partial charge in [0.25, 0.3) is 5.91 Å². The Bertz CT molecular complexity index is 847. The van der Waals surface area contributed by atoms with Gasteiger partial charge in [-0.1, -0.05) is 24.3 Å². The molecule has 0 saturated carbocycles. The second-order valence-electron chi connectivity index (χ2n) is 5.56. The van der Waals surface area contributed by atoms with Crippen molar-refractivity contribution in [2.45, 2.75) is 13.8 Å². The van der Waals surface area contributed by atoms with Crippen molar-refractivity contribution in [3.8, 4) is 16.8 Å². The molecule has 0 spiro atoms. The van der Waals surface area contributed by atoms with E-state index in [0.29, 0.717) is 5.56 Å². The number of carbonyl (C=O) groups excluding carboxylic acids is 1. The fraction of sp³-hybridized carbons (Fsp3) is 0.158. The Morgan fingerprint density at radius 3 is 2.30 bits per heavy atom. The zero-order chi connectivity index (χ0) is 16.4. The summed E-state index contributed by atoms with van der Waals surface area (Å²) in [5.41, 5.74) is 6.05. The summed E-state index contributed by atoms with van der Waals surface area (Å²) in [5.74, 6) is -0.0758. The molecule has 4 nitrogen and oxygen atoms in total. The molecule has 0 unspecified atom stereocenters. The van der Waals surface area contributed by atoms with Crippen molar-refractivity contribution in [1.29, 1.82) is 0 Å². The fourth-order valence-corrected chi connectivity index (χ4v) is 2.54. The molecule has 0 bridgehead atoms. The van der Waals surface area contributed by atoms with Crippen molar-refractivity contribution in [3.05, 3.63) is 71.5 Å². The SMILES string of the molecule is CNC(=O)c1ccc(-c2ccc(C)c(-n3ccc(C)n3)c2)cc1. The first-order valence-corrected chi connectivity index (χ1v) is 7.54. The molecule has 0 aliphatic carbocycles. The Morgan fingerprint density at radius 1 is 1.00 bits per heavy atom. The van der Waals surface area contributed by atoms with E-state index in [2.05, 4.69) is 35.5 Å². The van der Waals surface area contributed by atoms with Crippen molar-refractivity contribution in [2.75, 3.05) is 7.05 Å². The molecule has 1 aromatic heterocycles. The maximum atomic E-state index is 11.6. The number of nitrogens with one attached hydrogen (secondary N) is 1. The predicted molar refractivity (Wildman–Crippen MR) is 91.9 cm³/mol. The van der Waals surface area contributed by atoms with E-state index in [1.807, 2.05) is 48.1 Å². The van der Waals surface area contributed by atoms with Crippen molar-refractivity contribution >= 4 is 5.91 Å². The fourth-order valence-electron chi connectivity index (χ4n) is 2.54. The van der Waals surface area contributed by atoms with E-state index >= 15 is 0 Å². The number of nitrogens with zero attached hydrogens (tertiary/aromatic N) is 2. The molecule has 1 amide bonds. The van der Waals surface area contributed by atoms with Gasteiger partial charge >= 0.3 is 0 Å². The van der Waals surface area contributed by atoms with E-state index in [1.54, 1.807) is 7.05 Å². The lowest BCUT2D eigenvalue weighted by Gasteiger charge is -2.10. The third kappa shape index (κ3) is 3.01. The Hall–Kier alpha value is -2.88. The Kier molecular flexibility index (Phi) is 3.98. The van der Waals surface area contributed by atoms with Crippen LogP contribution in [0.3, 0.4) is 0 Å². The molecule has 3 rings (SSSR count). The van der Waals surface area contributed by atoms with Crippen LogP contribution in [0.5, 0.6) is 0 Å². The van der Waals surface area contributed by atoms with Crippen LogP contribution in [-0.2, 0) is 0 Å². The number of aromatic nitrogens is 2. The normalized spacial score (nSPS) is 10.6. The second kappa shape index (κ2) is 6.08. The first kappa shape index (κ1) is 15.0. The molecule has 0 fully saturated rings. The van der Waals surface area contributed by atoms with Crippen molar-refractivity contribution in [2.24, 2.45) is 0 Å². The standard InChI is InChI=1S/C19H19N3O/c1-13-4-5-17(12-18(13)22-11-10-14(2)21-22)15-6-8-16(9-7-15)19(23)20-3/h4-12H,1-3H3,(H,20,23). The molecule has 0 radical (unpaired) electrons. The van der Waals surface area contributed by atoms with Gasteiger partial charge in [-0.3, -0.25) is 4.79 Å². The number of hydrogen-bond acceptors (Lipinski definition) is 2. The van der Waals surface area contributed by atoms with Crippen LogP contribution in [0.4, 0.5) is 0 Å². The lowest BCUT2D eigenvalue weighted by Crippen LogP contribution is -2.17. The minimum absolute atomic E-state index is 0.0758. The maximum absolute atomic E-state index is 11.6. The van der Waals surface area contributed by atoms with Gasteiger partial charge in [0.2, 0.25) is 0 Å². The van der Waals surface area contributed by atoms with Gasteiger partial charge in [-0.05, 0) is 54.8 Å². The Morgan fingerprint density at radius 2 is 1.70 bits per heavy atom. The minimum Gasteiger partial charge on any atom is -0.355 e. The highest BCUT2D eigenvalue weighted by Gasteiger charge is 2.07. The number of amides is 1. The van der Waals surface area contributed by atoms with Gasteiger partial charge in [0.15, 0.2) is 0 Å². The number of hydrogen-bond donors (Lipinski definition) is 1. The number of aryl methyl sites for hydroxylation is 2. The van der Waals surface area contributed by atoms with Gasteiger partial charge in [-0.2, -0.15) is 5.10 Å². The number of carbonyl (C=O) groups is 1. The van der Waals surface area contributed by atoms with Gasteiger partial charge in [0.05, 0.1) is 11.4 Å². The summed E-state index contributed by atoms with van der Waals surface area (Å²) < 4.78 is 1.90. The topological polar surface area (TPSA) is 46.9 Å². The second-order valence-corrected chi connectivity index (χ2v) is 5.56. The van der Waals surface area contributed by atoms with Crippen LogP contribution in [0, 0.1) is 13.8 Å². The molecule has 23 heavy (non-hydrogen) atoms. The predicted octanol–water partition coefficient (Wildman–Crippen LogP) is 3.52. The van der Waals surface area contributed by atoms with Gasteiger partial charge in [-0.25, -0.2) is 4.68 Å². The van der Waals surface area contributed by atoms with Gasteiger partial charge < -0.3 is 5.32 Å². The van der Waals surface area contributed by atoms with Crippen molar-refractivity contribution in [1.82, 2.24) is 15.1 Å². The van der Waals surface area contributed by atoms with Crippen LogP contribution in [0.2, 0.25) is 0 Å². The number of benzene rings is 2. The molecule has 0 atom stereocenters. The highest BCUT2D eigenvalue weighted by molar-refractivity contribution is 5.94. The summed E-state index contributed by atoms with van der Waals surface area (Å²) >= 11 is 0. The Labute approximate surface area is 135 Å². The zero-order valence-electron chi connectivity index (χ0n) is 13.5. The van der Waals surface area contributed by atoms with E-state index in [-0.39, 0.29) is 5.91 Å². The molecule has 0 aliphatic heterocycles. The maximum Gasteiger partial charge on any atom is 0.251 e. The van der Waals surface area contributed by atoms with Crippen LogP contribution in [-0.4, -0.2) is 22.7 Å². The summed E-state index contributed by atoms with van der Waals surface area (Å²) in [6, 6.07) is 15.9. The summed E-state index contributed by atoms with van der Waals surface area (Å²) in [5, 5.41) is 7.12. The highest BCUT2D eigenvalue weighted by atomic mass is 16.1. The van der Waals surface area contributed by atoms with E-state index in [1.165, 1.54) is 5.56 Å². The summed E-state index contributed by atoms with van der Waals surface area (Å²) in [6.07, 6.45) is 1.97. The van der Waals surface area contributed by atoms with Gasteiger partial charge in [0, 0.05) is 18.8 Å². The molecule has 0 aliphatic rings. The van der Waals surface area contributed by atoms with Gasteiger partial charge in [-0.15, -0.1) is 0 Å². The summed E-state index contributed by atoms with van der Waals surface area (Å²) in [4.78, 5) is 11.6. The summed E-state index contributed by atoms with van der Waals surface area (Å²) in [7, 11) is 1.63. The van der Waals surface area contributed by atoms with E-state index < -0.39 is 0 Å². The third-order valence-electron chi connectivity index (χ3n) is 3.89. The van der Waals surface area contributed by atoms with Crippen molar-refractivity contribution in [3.63, 3.8) is 0 Å². The molecule has 0 saturated heterocycles. The molecule has 2 aromatic carbocycles. The smallest absolute Gasteiger partial charge is 0.251 e. The lowest BCUT2D eigenvalue weighted by molar-refractivity contribution is 0.0963. The quantitative estimate of drug-likeness (QED) is 0.805. The van der Waals surface area contributed by atoms with Crippen LogP contribution < -0.4 is 5.32 Å². The summed E-state index contributed by atoms with van der Waals surface area (Å²) in [6.45, 7) is 4.05. The average Bonchev–Trinajstić information content (AvgIpc) is 3.01. The number of rotatable bonds is 3. The molecular weight excluding hydrogens is 286 g/mol. The largest absolute Gasteiger partial charge is 0.355 e. The minimum atomic E-state index is -0.0758. The van der Waals surface area contributed by atoms with Crippen LogP contribution in [0.25, 0.3) is 16.8 Å². The van der Waals surface area contributed by atoms with E-state index in [9.17, 15) is 4.79 Å². The molecular formula is C19H19N3O. The zero-order valence-corrected chi connectivity index (χ0v) is 13.5. The Balaban J connectivity index is 1.99. The first-order valence-electron chi connectivity index (χ1n) is 7.54. The van der Waals surface area contributed by atoms with Crippen molar-refractivity contribution < 1.29 is 4.79 Å². The molecule has 4 heteroatoms. The molecule has 116 valence electrons. The van der Waals surface area contributed by atoms with E-state index in [0.717, 1.165) is 22.5 Å². The van der Waals surface area contributed by atoms with Crippen LogP contribution in [0.15, 0.2) is 54.7 Å². The first-order chi connectivity index (χ1) is 11.1. The average molecular weight is 305 g/mol. The monoisotopic (exact) mass is 305 g/mol. The van der Waals surface area contributed by atoms with Crippen LogP contribution in [0.1, 0.15) is 21.6 Å². The molecule has 3 aromatic rings. The lowest BCUT2D eigenvalue weighted by atomic mass is 10.0.